The number of carbonyl (C=O) groups is 2. The van der Waals surface area contributed by atoms with E-state index < -0.39 is 0 Å². The molecule has 0 saturated heterocycles. The van der Waals surface area contributed by atoms with Crippen LogP contribution < -0.4 is 15.4 Å². The molecule has 144 valence electrons. The number of methoxy groups -OCH3 is 1. The van der Waals surface area contributed by atoms with E-state index in [0.29, 0.717) is 42.3 Å². The number of ether oxygens (including phenoxy) is 2. The van der Waals surface area contributed by atoms with Crippen molar-refractivity contribution < 1.29 is 19.1 Å². The van der Waals surface area contributed by atoms with Crippen LogP contribution in [0.3, 0.4) is 0 Å². The number of carbonyl (C=O) groups excluding carboxylic acids is 2. The summed E-state index contributed by atoms with van der Waals surface area (Å²) in [6.07, 6.45) is 1.57. The predicted molar refractivity (Wildman–Crippen MR) is 105 cm³/mol. The maximum atomic E-state index is 12.7. The first-order valence-corrected chi connectivity index (χ1v) is 9.06. The van der Waals surface area contributed by atoms with Gasteiger partial charge in [0.15, 0.2) is 0 Å². The Morgan fingerprint density at radius 3 is 2.37 bits per heavy atom. The number of hydrogen-bond acceptors (Lipinski definition) is 4. The van der Waals surface area contributed by atoms with Crippen LogP contribution in [-0.4, -0.2) is 38.7 Å². The average Bonchev–Trinajstić information content (AvgIpc) is 2.70. The highest BCUT2D eigenvalue weighted by Crippen LogP contribution is 2.21. The molecule has 0 aliphatic carbocycles. The predicted octanol–water partition coefficient (Wildman–Crippen LogP) is 3.49. The highest BCUT2D eigenvalue weighted by Gasteiger charge is 2.16. The second-order valence-corrected chi connectivity index (χ2v) is 5.95. The number of nitrogens with one attached hydrogen (secondary N) is 2. The van der Waals surface area contributed by atoms with Gasteiger partial charge >= 0.3 is 0 Å². The Morgan fingerprint density at radius 1 is 0.926 bits per heavy atom. The summed E-state index contributed by atoms with van der Waals surface area (Å²) in [6, 6.07) is 14.0. The van der Waals surface area contributed by atoms with E-state index >= 15 is 0 Å². The van der Waals surface area contributed by atoms with E-state index in [4.69, 9.17) is 9.47 Å². The van der Waals surface area contributed by atoms with Crippen LogP contribution in [0.15, 0.2) is 48.5 Å². The minimum atomic E-state index is -0.318. The Bertz CT molecular complexity index is 761. The normalized spacial score (nSPS) is 10.3. The highest BCUT2D eigenvalue weighted by atomic mass is 16.5. The van der Waals surface area contributed by atoms with Crippen molar-refractivity contribution in [2.45, 2.75) is 19.8 Å². The number of benzene rings is 2. The van der Waals surface area contributed by atoms with Gasteiger partial charge in [0.2, 0.25) is 0 Å². The quantitative estimate of drug-likeness (QED) is 0.628. The van der Waals surface area contributed by atoms with Crippen molar-refractivity contribution in [1.82, 2.24) is 5.32 Å². The van der Waals surface area contributed by atoms with Crippen molar-refractivity contribution in [3.8, 4) is 5.75 Å². The van der Waals surface area contributed by atoms with E-state index in [2.05, 4.69) is 10.6 Å². The van der Waals surface area contributed by atoms with Crippen molar-refractivity contribution in [1.29, 1.82) is 0 Å². The molecule has 0 aromatic heterocycles. The molecule has 0 atom stereocenters. The van der Waals surface area contributed by atoms with E-state index in [1.54, 1.807) is 49.6 Å². The van der Waals surface area contributed by atoms with Gasteiger partial charge in [0.1, 0.15) is 5.75 Å². The van der Waals surface area contributed by atoms with E-state index in [0.717, 1.165) is 12.8 Å². The summed E-state index contributed by atoms with van der Waals surface area (Å²) in [5, 5.41) is 5.65. The summed E-state index contributed by atoms with van der Waals surface area (Å²) < 4.78 is 10.6. The van der Waals surface area contributed by atoms with Crippen molar-refractivity contribution >= 4 is 17.5 Å². The van der Waals surface area contributed by atoms with Gasteiger partial charge in [-0.1, -0.05) is 31.2 Å². The molecule has 2 amide bonds. The van der Waals surface area contributed by atoms with E-state index in [1.807, 2.05) is 13.0 Å². The Kier molecular flexibility index (Phi) is 8.32. The number of para-hydroxylation sites is 2. The fourth-order valence-electron chi connectivity index (χ4n) is 2.49. The van der Waals surface area contributed by atoms with E-state index in [-0.39, 0.29) is 11.8 Å². The van der Waals surface area contributed by atoms with Crippen LogP contribution in [0.1, 0.15) is 40.5 Å². The highest BCUT2D eigenvalue weighted by molar-refractivity contribution is 6.10. The van der Waals surface area contributed by atoms with Crippen molar-refractivity contribution in [3.63, 3.8) is 0 Å². The number of amides is 2. The van der Waals surface area contributed by atoms with Gasteiger partial charge in [0.25, 0.3) is 11.8 Å². The maximum absolute atomic E-state index is 12.7. The fourth-order valence-corrected chi connectivity index (χ4v) is 2.49. The molecule has 0 spiro atoms. The van der Waals surface area contributed by atoms with Crippen LogP contribution >= 0.6 is 0 Å². The standard InChI is InChI=1S/C21H26N2O4/c1-3-14-27-19-12-7-5-10-17(19)21(25)23-18-11-6-4-9-16(18)20(24)22-13-8-15-26-2/h4-7,9-12H,3,8,13-15H2,1-2H3,(H,22,24)(H,23,25). The average molecular weight is 370 g/mol. The topological polar surface area (TPSA) is 76.7 Å². The van der Waals surface area contributed by atoms with Crippen LogP contribution in [0.5, 0.6) is 5.75 Å². The Hall–Kier alpha value is -2.86. The molecule has 0 radical (unpaired) electrons. The van der Waals surface area contributed by atoms with Crippen molar-refractivity contribution in [2.75, 3.05) is 32.2 Å². The van der Waals surface area contributed by atoms with Gasteiger partial charge < -0.3 is 20.1 Å². The lowest BCUT2D eigenvalue weighted by molar-refractivity contribution is 0.0949. The number of rotatable bonds is 10. The third-order valence-corrected chi connectivity index (χ3v) is 3.82. The van der Waals surface area contributed by atoms with Gasteiger partial charge in [-0.2, -0.15) is 0 Å². The Labute approximate surface area is 159 Å². The summed E-state index contributed by atoms with van der Waals surface area (Å²) in [5.74, 6) is -0.0304. The smallest absolute Gasteiger partial charge is 0.259 e. The molecule has 27 heavy (non-hydrogen) atoms. The molecule has 6 heteroatoms. The molecule has 0 aliphatic rings. The molecule has 2 N–H and O–H groups in total. The minimum Gasteiger partial charge on any atom is -0.493 e. The van der Waals surface area contributed by atoms with Crippen molar-refractivity contribution in [3.05, 3.63) is 59.7 Å². The summed E-state index contributed by atoms with van der Waals surface area (Å²) in [7, 11) is 1.62. The first kappa shape index (κ1) is 20.5. The fraction of sp³-hybridized carbons (Fsp3) is 0.333. The molecule has 2 aromatic rings. The van der Waals surface area contributed by atoms with E-state index in [9.17, 15) is 9.59 Å². The monoisotopic (exact) mass is 370 g/mol. The lowest BCUT2D eigenvalue weighted by atomic mass is 10.1. The Morgan fingerprint density at radius 2 is 1.63 bits per heavy atom. The van der Waals surface area contributed by atoms with Crippen LogP contribution in [0.25, 0.3) is 0 Å². The molecule has 0 unspecified atom stereocenters. The molecular formula is C21H26N2O4. The number of hydrogen-bond donors (Lipinski definition) is 2. The molecule has 0 bridgehead atoms. The van der Waals surface area contributed by atoms with Crippen LogP contribution in [0.4, 0.5) is 5.69 Å². The summed E-state index contributed by atoms with van der Waals surface area (Å²) in [4.78, 5) is 25.2. The summed E-state index contributed by atoms with van der Waals surface area (Å²) in [5.41, 5.74) is 1.30. The van der Waals surface area contributed by atoms with Gasteiger partial charge in [-0.25, -0.2) is 0 Å². The van der Waals surface area contributed by atoms with Gasteiger partial charge in [-0.05, 0) is 37.1 Å². The lowest BCUT2D eigenvalue weighted by Gasteiger charge is -2.13. The van der Waals surface area contributed by atoms with Gasteiger partial charge in [0, 0.05) is 20.3 Å². The van der Waals surface area contributed by atoms with Crippen LogP contribution in [0, 0.1) is 0 Å². The second kappa shape index (κ2) is 11.0. The van der Waals surface area contributed by atoms with Gasteiger partial charge in [-0.3, -0.25) is 9.59 Å². The zero-order valence-electron chi connectivity index (χ0n) is 15.8. The van der Waals surface area contributed by atoms with Crippen LogP contribution in [0.2, 0.25) is 0 Å². The van der Waals surface area contributed by atoms with E-state index in [1.165, 1.54) is 0 Å². The Balaban J connectivity index is 2.11. The number of anilines is 1. The maximum Gasteiger partial charge on any atom is 0.259 e. The third-order valence-electron chi connectivity index (χ3n) is 3.82. The molecule has 0 heterocycles. The van der Waals surface area contributed by atoms with Gasteiger partial charge in [0.05, 0.1) is 23.4 Å². The summed E-state index contributed by atoms with van der Waals surface area (Å²) >= 11 is 0. The zero-order valence-corrected chi connectivity index (χ0v) is 15.8. The largest absolute Gasteiger partial charge is 0.493 e. The molecule has 2 aromatic carbocycles. The molecular weight excluding hydrogens is 344 g/mol. The third kappa shape index (κ3) is 6.11. The molecule has 6 nitrogen and oxygen atoms in total. The van der Waals surface area contributed by atoms with Crippen LogP contribution in [-0.2, 0) is 4.74 Å². The lowest BCUT2D eigenvalue weighted by Crippen LogP contribution is -2.26. The first-order valence-electron chi connectivity index (χ1n) is 9.06. The molecule has 0 fully saturated rings. The van der Waals surface area contributed by atoms with Gasteiger partial charge in [-0.15, -0.1) is 0 Å². The zero-order chi connectivity index (χ0) is 19.5. The SMILES string of the molecule is CCCOc1ccccc1C(=O)Nc1ccccc1C(=O)NCCCOC. The second-order valence-electron chi connectivity index (χ2n) is 5.95. The van der Waals surface area contributed by atoms with Crippen molar-refractivity contribution in [2.24, 2.45) is 0 Å². The molecule has 2 rings (SSSR count). The summed E-state index contributed by atoms with van der Waals surface area (Å²) in [6.45, 7) is 3.62. The minimum absolute atomic E-state index is 0.238. The first-order chi connectivity index (χ1) is 13.2. The molecule has 0 aliphatic heterocycles. The molecule has 0 saturated carbocycles.